The highest BCUT2D eigenvalue weighted by Crippen LogP contribution is 2.20. The van der Waals surface area contributed by atoms with Gasteiger partial charge in [0.2, 0.25) is 11.7 Å². The highest BCUT2D eigenvalue weighted by molar-refractivity contribution is 5.53. The van der Waals surface area contributed by atoms with E-state index in [0.717, 1.165) is 16.8 Å². The van der Waals surface area contributed by atoms with Crippen molar-refractivity contribution in [1.29, 1.82) is 0 Å². The maximum atomic E-state index is 5.22. The Labute approximate surface area is 106 Å². The molecule has 0 unspecified atom stereocenters. The third-order valence-electron chi connectivity index (χ3n) is 3.01. The van der Waals surface area contributed by atoms with E-state index >= 15 is 0 Å². The molecule has 0 aromatic carbocycles. The second-order valence-corrected chi connectivity index (χ2v) is 4.85. The van der Waals surface area contributed by atoms with Gasteiger partial charge in [-0.1, -0.05) is 11.2 Å². The van der Waals surface area contributed by atoms with Crippen LogP contribution in [0.4, 0.5) is 0 Å². The first-order chi connectivity index (χ1) is 8.72. The van der Waals surface area contributed by atoms with E-state index in [2.05, 4.69) is 26.5 Å². The molecular weight excluding hydrogens is 228 g/mol. The van der Waals surface area contributed by atoms with Crippen LogP contribution < -0.4 is 5.32 Å². The van der Waals surface area contributed by atoms with E-state index in [4.69, 9.17) is 4.52 Å². The Bertz CT molecular complexity index is 560. The molecule has 94 valence electrons. The molecule has 5 heteroatoms. The Hall–Kier alpha value is -1.75. The molecule has 0 amide bonds. The average molecular weight is 244 g/mol. The molecule has 0 aliphatic heterocycles. The molecule has 2 aromatic heterocycles. The van der Waals surface area contributed by atoms with E-state index in [-0.39, 0.29) is 0 Å². The summed E-state index contributed by atoms with van der Waals surface area (Å²) in [6.45, 7) is 4.67. The fourth-order valence-corrected chi connectivity index (χ4v) is 1.89. The quantitative estimate of drug-likeness (QED) is 0.891. The molecule has 0 saturated heterocycles. The molecular formula is C13H16N4O. The number of hydrogen-bond donors (Lipinski definition) is 1. The highest BCUT2D eigenvalue weighted by Gasteiger charge is 2.21. The van der Waals surface area contributed by atoms with Gasteiger partial charge in [-0.25, -0.2) is 0 Å². The molecule has 0 bridgehead atoms. The zero-order valence-electron chi connectivity index (χ0n) is 10.6. The van der Waals surface area contributed by atoms with E-state index in [9.17, 15) is 0 Å². The first-order valence-corrected chi connectivity index (χ1v) is 6.22. The second-order valence-electron chi connectivity index (χ2n) is 4.85. The molecule has 1 N–H and O–H groups in total. The normalized spacial score (nSPS) is 15.0. The van der Waals surface area contributed by atoms with E-state index in [1.807, 2.05) is 20.0 Å². The lowest BCUT2D eigenvalue weighted by Crippen LogP contribution is -2.15. The van der Waals surface area contributed by atoms with Gasteiger partial charge in [0.25, 0.3) is 0 Å². The number of aryl methyl sites for hydroxylation is 2. The highest BCUT2D eigenvalue weighted by atomic mass is 16.5. The van der Waals surface area contributed by atoms with Gasteiger partial charge in [0.05, 0.1) is 6.54 Å². The lowest BCUT2D eigenvalue weighted by Gasteiger charge is -2.00. The zero-order chi connectivity index (χ0) is 12.5. The van der Waals surface area contributed by atoms with E-state index in [1.54, 1.807) is 0 Å². The third kappa shape index (κ3) is 2.41. The summed E-state index contributed by atoms with van der Waals surface area (Å²) in [7, 11) is 0. The predicted molar refractivity (Wildman–Crippen MR) is 66.9 cm³/mol. The van der Waals surface area contributed by atoms with Crippen molar-refractivity contribution in [1.82, 2.24) is 20.4 Å². The van der Waals surface area contributed by atoms with E-state index in [1.165, 1.54) is 12.8 Å². The maximum absolute atomic E-state index is 5.22. The molecule has 5 nitrogen and oxygen atoms in total. The predicted octanol–water partition coefficient (Wildman–Crippen LogP) is 2.00. The first kappa shape index (κ1) is 11.3. The van der Waals surface area contributed by atoms with E-state index < -0.39 is 0 Å². The first-order valence-electron chi connectivity index (χ1n) is 6.22. The van der Waals surface area contributed by atoms with Crippen molar-refractivity contribution in [2.24, 2.45) is 0 Å². The van der Waals surface area contributed by atoms with Gasteiger partial charge in [-0.15, -0.1) is 0 Å². The molecule has 1 fully saturated rings. The van der Waals surface area contributed by atoms with Crippen LogP contribution in [0.2, 0.25) is 0 Å². The molecule has 1 aliphatic rings. The number of rotatable bonds is 4. The van der Waals surface area contributed by atoms with Crippen LogP contribution in [0.15, 0.2) is 16.8 Å². The van der Waals surface area contributed by atoms with Gasteiger partial charge in [-0.05, 0) is 37.8 Å². The lowest BCUT2D eigenvalue weighted by molar-refractivity contribution is 0.367. The Kier molecular flexibility index (Phi) is 2.83. The van der Waals surface area contributed by atoms with Crippen molar-refractivity contribution >= 4 is 0 Å². The van der Waals surface area contributed by atoms with Crippen LogP contribution in [0.1, 0.15) is 29.9 Å². The van der Waals surface area contributed by atoms with Crippen molar-refractivity contribution in [3.05, 3.63) is 29.3 Å². The fraction of sp³-hybridized carbons (Fsp3) is 0.462. The number of hydrogen-bond acceptors (Lipinski definition) is 5. The van der Waals surface area contributed by atoms with Gasteiger partial charge < -0.3 is 9.84 Å². The van der Waals surface area contributed by atoms with Crippen LogP contribution in [0.5, 0.6) is 0 Å². The minimum atomic E-state index is 0.570. The minimum Gasteiger partial charge on any atom is -0.337 e. The lowest BCUT2D eigenvalue weighted by atomic mass is 10.1. The monoisotopic (exact) mass is 244 g/mol. The number of pyridine rings is 1. The average Bonchev–Trinajstić information content (AvgIpc) is 3.05. The SMILES string of the molecule is Cc1cnc(-c2noc(CNC3CC3)n2)c(C)c1. The number of nitrogens with zero attached hydrogens (tertiary/aromatic N) is 3. The van der Waals surface area contributed by atoms with Crippen LogP contribution in [0, 0.1) is 13.8 Å². The van der Waals surface area contributed by atoms with Crippen molar-refractivity contribution in [2.75, 3.05) is 0 Å². The fourth-order valence-electron chi connectivity index (χ4n) is 1.89. The van der Waals surface area contributed by atoms with Crippen molar-refractivity contribution in [3.63, 3.8) is 0 Å². The molecule has 0 spiro atoms. The zero-order valence-corrected chi connectivity index (χ0v) is 10.6. The Morgan fingerprint density at radius 1 is 1.39 bits per heavy atom. The van der Waals surface area contributed by atoms with Crippen LogP contribution >= 0.6 is 0 Å². The van der Waals surface area contributed by atoms with Gasteiger partial charge in [-0.2, -0.15) is 4.98 Å². The molecule has 1 saturated carbocycles. The van der Waals surface area contributed by atoms with Gasteiger partial charge in [-0.3, -0.25) is 4.98 Å². The summed E-state index contributed by atoms with van der Waals surface area (Å²) in [5.74, 6) is 1.19. The molecule has 3 rings (SSSR count). The molecule has 2 heterocycles. The van der Waals surface area contributed by atoms with Gasteiger partial charge in [0.15, 0.2) is 0 Å². The Morgan fingerprint density at radius 2 is 2.22 bits per heavy atom. The molecule has 0 atom stereocenters. The molecule has 18 heavy (non-hydrogen) atoms. The van der Waals surface area contributed by atoms with Crippen LogP contribution in [-0.4, -0.2) is 21.2 Å². The van der Waals surface area contributed by atoms with E-state index in [0.29, 0.717) is 24.3 Å². The Balaban J connectivity index is 1.78. The minimum absolute atomic E-state index is 0.570. The van der Waals surface area contributed by atoms with Crippen LogP contribution in [-0.2, 0) is 6.54 Å². The summed E-state index contributed by atoms with van der Waals surface area (Å²) in [5.41, 5.74) is 3.00. The van der Waals surface area contributed by atoms with Crippen LogP contribution in [0.25, 0.3) is 11.5 Å². The summed E-state index contributed by atoms with van der Waals surface area (Å²) in [5, 5.41) is 7.33. The maximum Gasteiger partial charge on any atom is 0.240 e. The van der Waals surface area contributed by atoms with Crippen molar-refractivity contribution in [3.8, 4) is 11.5 Å². The second kappa shape index (κ2) is 4.49. The largest absolute Gasteiger partial charge is 0.337 e. The summed E-state index contributed by atoms with van der Waals surface area (Å²) in [6.07, 6.45) is 4.32. The van der Waals surface area contributed by atoms with Gasteiger partial charge >= 0.3 is 0 Å². The van der Waals surface area contributed by atoms with Crippen molar-refractivity contribution in [2.45, 2.75) is 39.3 Å². The standard InChI is InChI=1S/C13H16N4O/c1-8-5-9(2)12(15-6-8)13-16-11(18-17-13)7-14-10-3-4-10/h5-6,10,14H,3-4,7H2,1-2H3. The Morgan fingerprint density at radius 3 is 2.94 bits per heavy atom. The summed E-state index contributed by atoms with van der Waals surface area (Å²) in [6, 6.07) is 2.71. The van der Waals surface area contributed by atoms with Crippen molar-refractivity contribution < 1.29 is 4.52 Å². The molecule has 0 radical (unpaired) electrons. The topological polar surface area (TPSA) is 63.8 Å². The molecule has 2 aromatic rings. The van der Waals surface area contributed by atoms with Gasteiger partial charge in [0, 0.05) is 12.2 Å². The van der Waals surface area contributed by atoms with Crippen LogP contribution in [0.3, 0.4) is 0 Å². The summed E-state index contributed by atoms with van der Waals surface area (Å²) < 4.78 is 5.22. The number of aromatic nitrogens is 3. The number of nitrogens with one attached hydrogen (secondary N) is 1. The summed E-state index contributed by atoms with van der Waals surface area (Å²) in [4.78, 5) is 8.73. The smallest absolute Gasteiger partial charge is 0.240 e. The third-order valence-corrected chi connectivity index (χ3v) is 3.01. The van der Waals surface area contributed by atoms with Gasteiger partial charge in [0.1, 0.15) is 5.69 Å². The molecule has 1 aliphatic carbocycles. The summed E-state index contributed by atoms with van der Waals surface area (Å²) >= 11 is 0.